The van der Waals surface area contributed by atoms with Crippen LogP contribution >= 0.6 is 0 Å². The van der Waals surface area contributed by atoms with Gasteiger partial charge in [0, 0.05) is 42.0 Å². The van der Waals surface area contributed by atoms with E-state index < -0.39 is 14.9 Å². The zero-order valence-corrected chi connectivity index (χ0v) is 30.1. The van der Waals surface area contributed by atoms with E-state index in [-0.39, 0.29) is 20.1 Å². The van der Waals surface area contributed by atoms with Gasteiger partial charge in [0.15, 0.2) is 0 Å². The number of furan rings is 1. The molecule has 0 N–H and O–H groups in total. The van der Waals surface area contributed by atoms with E-state index in [9.17, 15) is 0 Å². The third kappa shape index (κ3) is 7.29. The molecule has 0 aliphatic heterocycles. The predicted octanol–water partition coefficient (Wildman–Crippen LogP) is 10.6. The van der Waals surface area contributed by atoms with E-state index in [0.717, 1.165) is 55.6 Å². The van der Waals surface area contributed by atoms with Crippen molar-refractivity contribution in [1.29, 1.82) is 0 Å². The van der Waals surface area contributed by atoms with Gasteiger partial charge < -0.3 is 14.4 Å². The minimum atomic E-state index is -2.10. The van der Waals surface area contributed by atoms with Gasteiger partial charge in [-0.3, -0.25) is 0 Å². The van der Waals surface area contributed by atoms with Gasteiger partial charge in [-0.15, -0.1) is 54.1 Å². The molecule has 3 aromatic heterocycles. The first-order valence-electron chi connectivity index (χ1n) is 16.8. The van der Waals surface area contributed by atoms with Gasteiger partial charge in [-0.2, -0.15) is 0 Å². The Morgan fingerprint density at radius 2 is 1.57 bits per heavy atom. The van der Waals surface area contributed by atoms with Crippen LogP contribution in [0.3, 0.4) is 0 Å². The van der Waals surface area contributed by atoms with E-state index in [1.807, 2.05) is 79.1 Å². The Bertz CT molecular complexity index is 2170. The van der Waals surface area contributed by atoms with Gasteiger partial charge >= 0.3 is 0 Å². The first-order valence-corrected chi connectivity index (χ1v) is 18.8. The fraction of sp³-hybridized carbons (Fsp3) is 0.171. The molecular weight excluding hydrogens is 757 g/mol. The molecule has 0 bridgehead atoms. The average Bonchev–Trinajstić information content (AvgIpc) is 3.46. The van der Waals surface area contributed by atoms with Crippen LogP contribution in [0.1, 0.15) is 35.0 Å². The molecule has 3 nitrogen and oxygen atoms in total. The molecular formula is C41H38IrN2OSi-2. The summed E-state index contributed by atoms with van der Waals surface area (Å²) in [5, 5.41) is 3.44. The summed E-state index contributed by atoms with van der Waals surface area (Å²) in [4.78, 5) is 9.09. The molecule has 233 valence electrons. The molecule has 0 aliphatic rings. The molecule has 0 aliphatic carbocycles. The summed E-state index contributed by atoms with van der Waals surface area (Å²) >= 11 is 0. The number of rotatable bonds is 5. The van der Waals surface area contributed by atoms with Gasteiger partial charge in [0.05, 0.1) is 13.7 Å². The van der Waals surface area contributed by atoms with Crippen LogP contribution < -0.4 is 5.19 Å². The van der Waals surface area contributed by atoms with Crippen molar-refractivity contribution in [3.63, 3.8) is 0 Å². The summed E-state index contributed by atoms with van der Waals surface area (Å²) in [6.45, 7) is 9.22. The molecule has 0 saturated heterocycles. The molecule has 0 atom stereocenters. The molecule has 7 rings (SSSR count). The van der Waals surface area contributed by atoms with Crippen molar-refractivity contribution in [2.75, 3.05) is 0 Å². The van der Waals surface area contributed by atoms with Crippen LogP contribution in [0.25, 0.3) is 55.6 Å². The second-order valence-corrected chi connectivity index (χ2v) is 17.7. The molecule has 5 heteroatoms. The molecule has 0 saturated carbocycles. The topological polar surface area (TPSA) is 38.9 Å². The van der Waals surface area contributed by atoms with Crippen molar-refractivity contribution >= 4 is 35.2 Å². The van der Waals surface area contributed by atoms with Crippen LogP contribution in [0.2, 0.25) is 19.6 Å². The first kappa shape index (κ1) is 29.3. The number of nitrogens with zero attached hydrogens (tertiary/aromatic N) is 2. The van der Waals surface area contributed by atoms with E-state index in [4.69, 9.17) is 8.53 Å². The Balaban J connectivity index is 0.000000233. The molecule has 46 heavy (non-hydrogen) atoms. The molecule has 0 spiro atoms. The van der Waals surface area contributed by atoms with Crippen molar-refractivity contribution in [1.82, 2.24) is 9.97 Å². The Labute approximate surface area is 291 Å². The standard InChI is InChI=1S/C27H22NO.C14H16NSi.Ir/c1-17(2)20-13-14-28-25(15-20)24-6-4-5-23-22-12-11-21(16-26(22)29-27(23)24)19-9-7-18(3)8-10-19;1-16(2,3)13-9-10-14(15-11-13)12-7-5-4-6-8-12;/h4-5,7-17H,1-3H3;4-7,9-11H,1-3H3;/q2*-1;/i3D3;;. The second-order valence-electron chi connectivity index (χ2n) is 12.6. The van der Waals surface area contributed by atoms with Gasteiger partial charge in [-0.25, -0.2) is 0 Å². The van der Waals surface area contributed by atoms with Crippen molar-refractivity contribution in [2.24, 2.45) is 0 Å². The summed E-state index contributed by atoms with van der Waals surface area (Å²) < 4.78 is 29.0. The number of aryl methyl sites for hydroxylation is 1. The first-order chi connectivity index (χ1) is 22.9. The zero-order valence-electron chi connectivity index (χ0n) is 29.7. The van der Waals surface area contributed by atoms with Crippen LogP contribution in [-0.2, 0) is 20.1 Å². The predicted molar refractivity (Wildman–Crippen MR) is 192 cm³/mol. The van der Waals surface area contributed by atoms with Gasteiger partial charge in [0.1, 0.15) is 5.58 Å². The van der Waals surface area contributed by atoms with Crippen LogP contribution in [0.4, 0.5) is 0 Å². The molecule has 1 radical (unpaired) electrons. The van der Waals surface area contributed by atoms with Crippen molar-refractivity contribution < 1.29 is 28.6 Å². The van der Waals surface area contributed by atoms with Crippen molar-refractivity contribution in [3.05, 3.63) is 139 Å². The van der Waals surface area contributed by atoms with E-state index in [0.29, 0.717) is 11.5 Å². The monoisotopic (exact) mass is 798 g/mol. The van der Waals surface area contributed by atoms with Gasteiger partial charge in [-0.1, -0.05) is 110 Å². The molecule has 7 aromatic rings. The number of pyridine rings is 2. The number of aromatic nitrogens is 2. The van der Waals surface area contributed by atoms with Crippen molar-refractivity contribution in [2.45, 2.75) is 46.3 Å². The fourth-order valence-electron chi connectivity index (χ4n) is 5.27. The van der Waals surface area contributed by atoms with Crippen molar-refractivity contribution in [3.8, 4) is 33.6 Å². The van der Waals surface area contributed by atoms with Crippen LogP contribution in [0, 0.1) is 19.0 Å². The van der Waals surface area contributed by atoms with Crippen LogP contribution in [-0.4, -0.2) is 18.0 Å². The zero-order chi connectivity index (χ0) is 34.1. The van der Waals surface area contributed by atoms with E-state index >= 15 is 0 Å². The van der Waals surface area contributed by atoms with E-state index in [2.05, 4.69) is 79.9 Å². The molecule has 0 unspecified atom stereocenters. The van der Waals surface area contributed by atoms with E-state index in [1.54, 1.807) is 12.1 Å². The minimum absolute atomic E-state index is 0. The maximum atomic E-state index is 7.56. The third-order valence-corrected chi connectivity index (χ3v) is 10.0. The summed E-state index contributed by atoms with van der Waals surface area (Å²) in [5.41, 5.74) is 8.78. The Hall–Kier alpha value is -4.15. The summed E-state index contributed by atoms with van der Waals surface area (Å²) in [6.07, 6.45) is 3.85. The summed E-state index contributed by atoms with van der Waals surface area (Å²) in [6, 6.07) is 39.9. The largest absolute Gasteiger partial charge is 0.501 e. The number of fused-ring (bicyclic) bond motifs is 3. The number of hydrogen-bond acceptors (Lipinski definition) is 3. The Morgan fingerprint density at radius 1 is 0.761 bits per heavy atom. The molecule has 4 aromatic carbocycles. The Kier molecular flexibility index (Phi) is 8.96. The smallest absolute Gasteiger partial charge is 0.121 e. The van der Waals surface area contributed by atoms with E-state index in [1.165, 1.54) is 10.8 Å². The maximum absolute atomic E-state index is 7.56. The third-order valence-electron chi connectivity index (χ3n) is 7.97. The summed E-state index contributed by atoms with van der Waals surface area (Å²) in [7, 11) is -1.23. The van der Waals surface area contributed by atoms with Gasteiger partial charge in [0.2, 0.25) is 0 Å². The normalized spacial score (nSPS) is 12.5. The fourth-order valence-corrected chi connectivity index (χ4v) is 6.30. The number of hydrogen-bond donors (Lipinski definition) is 0. The van der Waals surface area contributed by atoms with Gasteiger partial charge in [0.25, 0.3) is 0 Å². The Morgan fingerprint density at radius 3 is 2.24 bits per heavy atom. The SMILES string of the molecule is C[Si](C)(C)c1ccc(-c2[c-]cccc2)nc1.[2H]C([2H])([2H])c1ccc(-c2ccc3c(c2)oc2c(-c4cc(C(C)C)ccn4)[c-]ccc23)cc1.[Ir]. The molecule has 0 fully saturated rings. The molecule has 3 heterocycles. The maximum Gasteiger partial charge on any atom is 0.121 e. The summed E-state index contributed by atoms with van der Waals surface area (Å²) in [5.74, 6) is 0.408. The average molecular weight is 798 g/mol. The van der Waals surface area contributed by atoms with Crippen LogP contribution in [0.5, 0.6) is 0 Å². The minimum Gasteiger partial charge on any atom is -0.501 e. The second kappa shape index (κ2) is 14.1. The number of benzene rings is 4. The quantitative estimate of drug-likeness (QED) is 0.129. The van der Waals surface area contributed by atoms with Crippen LogP contribution in [0.15, 0.2) is 120 Å². The van der Waals surface area contributed by atoms with Gasteiger partial charge in [-0.05, 0) is 52.6 Å². The molecule has 0 amide bonds.